The van der Waals surface area contributed by atoms with Gasteiger partial charge in [-0.3, -0.25) is 14.0 Å². The van der Waals surface area contributed by atoms with Crippen molar-refractivity contribution in [3.8, 4) is 11.3 Å². The third-order valence-electron chi connectivity index (χ3n) is 7.29. The number of halogens is 2. The second-order valence-corrected chi connectivity index (χ2v) is 9.95. The van der Waals surface area contributed by atoms with Gasteiger partial charge in [0.1, 0.15) is 23.6 Å². The third-order valence-corrected chi connectivity index (χ3v) is 7.53. The zero-order valence-corrected chi connectivity index (χ0v) is 20.9. The first kappa shape index (κ1) is 23.1. The van der Waals surface area contributed by atoms with Crippen LogP contribution in [0.5, 0.6) is 0 Å². The van der Waals surface area contributed by atoms with Crippen LogP contribution < -0.4 is 10.5 Å². The maximum Gasteiger partial charge on any atom is 0.263 e. The molecule has 2 aliphatic rings. The van der Waals surface area contributed by atoms with Gasteiger partial charge in [-0.2, -0.15) is 5.10 Å². The molecule has 2 fully saturated rings. The molecular weight excluding hydrogens is 483 g/mol. The molecule has 36 heavy (non-hydrogen) atoms. The number of hydrogen-bond donors (Lipinski definition) is 0. The van der Waals surface area contributed by atoms with Crippen LogP contribution >= 0.6 is 11.6 Å². The van der Waals surface area contributed by atoms with Gasteiger partial charge >= 0.3 is 0 Å². The zero-order chi connectivity index (χ0) is 25.0. The predicted octanol–water partition coefficient (Wildman–Crippen LogP) is 4.60. The average Bonchev–Trinajstić information content (AvgIpc) is 3.30. The SMILES string of the molecule is Cc1nc2cc(N3CCO[C@@H](c4cnn(C5CCC5)c4)C3)nc(-c3ccc(Cl)cc3F)c2c(=O)n1C. The second kappa shape index (κ2) is 8.97. The van der Waals surface area contributed by atoms with Gasteiger partial charge in [0.2, 0.25) is 0 Å². The molecule has 1 saturated heterocycles. The van der Waals surface area contributed by atoms with E-state index in [0.717, 1.165) is 18.4 Å². The molecule has 0 spiro atoms. The fourth-order valence-corrected chi connectivity index (χ4v) is 5.01. The van der Waals surface area contributed by atoms with Crippen LogP contribution in [0.1, 0.15) is 42.8 Å². The molecule has 4 aromatic rings. The third kappa shape index (κ3) is 3.96. The molecule has 1 saturated carbocycles. The summed E-state index contributed by atoms with van der Waals surface area (Å²) in [4.78, 5) is 24.8. The summed E-state index contributed by atoms with van der Waals surface area (Å²) in [5, 5.41) is 5.11. The first-order valence-electron chi connectivity index (χ1n) is 12.1. The van der Waals surface area contributed by atoms with E-state index in [2.05, 4.69) is 21.2 Å². The summed E-state index contributed by atoms with van der Waals surface area (Å²) in [6, 6.07) is 6.67. The Morgan fingerprint density at radius 1 is 1.19 bits per heavy atom. The van der Waals surface area contributed by atoms with Gasteiger partial charge < -0.3 is 9.64 Å². The lowest BCUT2D eigenvalue weighted by Gasteiger charge is -2.34. The van der Waals surface area contributed by atoms with Crippen LogP contribution in [0.3, 0.4) is 0 Å². The van der Waals surface area contributed by atoms with Gasteiger partial charge in [0, 0.05) is 48.5 Å². The van der Waals surface area contributed by atoms with E-state index in [4.69, 9.17) is 21.3 Å². The fraction of sp³-hybridized carbons (Fsp3) is 0.385. The van der Waals surface area contributed by atoms with Crippen molar-refractivity contribution >= 4 is 28.3 Å². The minimum absolute atomic E-state index is 0.167. The number of fused-ring (bicyclic) bond motifs is 1. The molecule has 1 atom stereocenters. The summed E-state index contributed by atoms with van der Waals surface area (Å²) in [6.07, 6.45) is 7.36. The van der Waals surface area contributed by atoms with Crippen molar-refractivity contribution in [2.45, 2.75) is 38.3 Å². The number of aryl methyl sites for hydroxylation is 1. The molecule has 0 N–H and O–H groups in total. The molecule has 0 amide bonds. The smallest absolute Gasteiger partial charge is 0.263 e. The lowest BCUT2D eigenvalue weighted by molar-refractivity contribution is 0.0394. The van der Waals surface area contributed by atoms with Crippen molar-refractivity contribution in [1.82, 2.24) is 24.3 Å². The summed E-state index contributed by atoms with van der Waals surface area (Å²) in [5.74, 6) is 0.640. The van der Waals surface area contributed by atoms with Crippen molar-refractivity contribution in [3.05, 3.63) is 69.2 Å². The Kier molecular flexibility index (Phi) is 5.76. The highest BCUT2D eigenvalue weighted by Crippen LogP contribution is 2.34. The van der Waals surface area contributed by atoms with E-state index >= 15 is 4.39 Å². The summed E-state index contributed by atoms with van der Waals surface area (Å²) < 4.78 is 24.6. The van der Waals surface area contributed by atoms with Gasteiger partial charge in [-0.15, -0.1) is 0 Å². The van der Waals surface area contributed by atoms with Crippen molar-refractivity contribution in [2.24, 2.45) is 7.05 Å². The second-order valence-electron chi connectivity index (χ2n) is 9.51. The Bertz CT molecular complexity index is 1530. The van der Waals surface area contributed by atoms with Gasteiger partial charge in [-0.05, 0) is 44.4 Å². The zero-order valence-electron chi connectivity index (χ0n) is 20.1. The molecule has 0 unspecified atom stereocenters. The number of pyridine rings is 1. The molecule has 0 radical (unpaired) electrons. The van der Waals surface area contributed by atoms with Crippen molar-refractivity contribution in [1.29, 1.82) is 0 Å². The molecule has 6 rings (SSSR count). The molecule has 1 aliphatic carbocycles. The van der Waals surface area contributed by atoms with Crippen molar-refractivity contribution in [3.63, 3.8) is 0 Å². The molecule has 4 heterocycles. The minimum atomic E-state index is -0.542. The van der Waals surface area contributed by atoms with Crippen LogP contribution in [0, 0.1) is 12.7 Å². The van der Waals surface area contributed by atoms with E-state index in [1.807, 2.05) is 10.9 Å². The van der Waals surface area contributed by atoms with Gasteiger partial charge in [-0.25, -0.2) is 14.4 Å². The van der Waals surface area contributed by atoms with Gasteiger partial charge in [0.15, 0.2) is 0 Å². The number of morpholine rings is 1. The van der Waals surface area contributed by atoms with Crippen LogP contribution in [0.2, 0.25) is 5.02 Å². The van der Waals surface area contributed by atoms with Crippen LogP contribution in [0.4, 0.5) is 10.2 Å². The number of nitrogens with zero attached hydrogens (tertiary/aromatic N) is 6. The number of anilines is 1. The number of aromatic nitrogens is 5. The predicted molar refractivity (Wildman–Crippen MR) is 136 cm³/mol. The summed E-state index contributed by atoms with van der Waals surface area (Å²) >= 11 is 5.99. The Labute approximate surface area is 212 Å². The largest absolute Gasteiger partial charge is 0.370 e. The summed E-state index contributed by atoms with van der Waals surface area (Å²) in [7, 11) is 1.65. The summed E-state index contributed by atoms with van der Waals surface area (Å²) in [5.41, 5.74) is 1.69. The lowest BCUT2D eigenvalue weighted by Crippen LogP contribution is -2.39. The Morgan fingerprint density at radius 2 is 2.03 bits per heavy atom. The van der Waals surface area contributed by atoms with Crippen LogP contribution in [0.15, 0.2) is 41.5 Å². The maximum atomic E-state index is 15.0. The molecule has 186 valence electrons. The first-order chi connectivity index (χ1) is 17.4. The fourth-order valence-electron chi connectivity index (χ4n) is 4.85. The molecule has 1 aliphatic heterocycles. The van der Waals surface area contributed by atoms with Gasteiger partial charge in [0.05, 0.1) is 35.4 Å². The minimum Gasteiger partial charge on any atom is -0.370 e. The van der Waals surface area contributed by atoms with Crippen LogP contribution in [0.25, 0.3) is 22.2 Å². The molecular formula is C26H26ClFN6O2. The standard InChI is InChI=1S/C26H26ClFN6O2/c1-15-30-21-11-23(31-25(24(21)26(35)32(15)2)19-7-6-17(27)10-20(19)28)33-8-9-36-22(14-33)16-12-29-34(13-16)18-4-3-5-18/h6-7,10-13,18,22H,3-5,8-9,14H2,1-2H3/t22-/m1/s1. The van der Waals surface area contributed by atoms with E-state index in [-0.39, 0.29) is 33.3 Å². The van der Waals surface area contributed by atoms with E-state index in [1.54, 1.807) is 32.2 Å². The highest BCUT2D eigenvalue weighted by atomic mass is 35.5. The molecule has 3 aromatic heterocycles. The maximum absolute atomic E-state index is 15.0. The van der Waals surface area contributed by atoms with E-state index in [9.17, 15) is 4.79 Å². The number of benzene rings is 1. The van der Waals surface area contributed by atoms with E-state index < -0.39 is 5.82 Å². The Balaban J connectivity index is 1.42. The molecule has 1 aromatic carbocycles. The lowest BCUT2D eigenvalue weighted by atomic mass is 9.93. The van der Waals surface area contributed by atoms with E-state index in [1.165, 1.54) is 17.1 Å². The summed E-state index contributed by atoms with van der Waals surface area (Å²) in [6.45, 7) is 3.44. The highest BCUT2D eigenvalue weighted by Gasteiger charge is 2.28. The number of hydrogen-bond acceptors (Lipinski definition) is 6. The number of ether oxygens (including phenoxy) is 1. The highest BCUT2D eigenvalue weighted by molar-refractivity contribution is 6.30. The quantitative estimate of drug-likeness (QED) is 0.401. The van der Waals surface area contributed by atoms with Gasteiger partial charge in [0.25, 0.3) is 5.56 Å². The Hall–Kier alpha value is -3.30. The van der Waals surface area contributed by atoms with Crippen molar-refractivity contribution in [2.75, 3.05) is 24.6 Å². The first-order valence-corrected chi connectivity index (χ1v) is 12.5. The molecule has 0 bridgehead atoms. The van der Waals surface area contributed by atoms with Crippen LogP contribution in [-0.2, 0) is 11.8 Å². The number of rotatable bonds is 4. The molecule has 10 heteroatoms. The molecule has 8 nitrogen and oxygen atoms in total. The average molecular weight is 509 g/mol. The monoisotopic (exact) mass is 508 g/mol. The van der Waals surface area contributed by atoms with Gasteiger partial charge in [-0.1, -0.05) is 11.6 Å². The Morgan fingerprint density at radius 3 is 2.78 bits per heavy atom. The van der Waals surface area contributed by atoms with Crippen LogP contribution in [-0.4, -0.2) is 44.0 Å². The van der Waals surface area contributed by atoms with Crippen molar-refractivity contribution < 1.29 is 9.13 Å². The normalized spacial score (nSPS) is 18.6. The topological polar surface area (TPSA) is 78.1 Å². The van der Waals surface area contributed by atoms with E-state index in [0.29, 0.717) is 42.9 Å².